The molecule has 41 heavy (non-hydrogen) atoms. The van der Waals surface area contributed by atoms with Gasteiger partial charge in [0, 0.05) is 0 Å². The topological polar surface area (TPSA) is 111 Å². The monoisotopic (exact) mass is 620 g/mol. The number of ether oxygens (including phenoxy) is 3. The van der Waals surface area contributed by atoms with Gasteiger partial charge in [-0.05, 0) is 97.2 Å². The van der Waals surface area contributed by atoms with E-state index in [0.29, 0.717) is 34.7 Å². The van der Waals surface area contributed by atoms with Crippen molar-refractivity contribution in [2.45, 2.75) is 34.3 Å². The molecule has 212 valence electrons. The average molecular weight is 621 g/mol. The van der Waals surface area contributed by atoms with Gasteiger partial charge in [0.15, 0.2) is 11.5 Å². The molecule has 1 heterocycles. The minimum Gasteiger partial charge on any atom is -0.490 e. The Labute approximate surface area is 246 Å². The molecule has 0 bridgehead atoms. The Morgan fingerprint density at radius 1 is 0.927 bits per heavy atom. The molecule has 1 N–H and O–H groups in total. The number of esters is 1. The van der Waals surface area contributed by atoms with Crippen molar-refractivity contribution < 1.29 is 33.4 Å². The van der Waals surface area contributed by atoms with Gasteiger partial charge >= 0.3 is 12.0 Å². The number of carbonyl (C=O) groups excluding carboxylic acids is 4. The van der Waals surface area contributed by atoms with Gasteiger partial charge in [0.2, 0.25) is 0 Å². The number of anilines is 1. The summed E-state index contributed by atoms with van der Waals surface area (Å²) in [6, 6.07) is 14.4. The second-order valence-corrected chi connectivity index (χ2v) is 10.1. The molecule has 0 saturated carbocycles. The van der Waals surface area contributed by atoms with Crippen LogP contribution in [0.25, 0.3) is 6.08 Å². The van der Waals surface area contributed by atoms with Crippen LogP contribution in [0.4, 0.5) is 10.5 Å². The number of imide groups is 2. The molecule has 1 fully saturated rings. The van der Waals surface area contributed by atoms with Crippen molar-refractivity contribution in [2.24, 2.45) is 0 Å². The minimum atomic E-state index is -0.896. The van der Waals surface area contributed by atoms with Crippen LogP contribution in [0.2, 0.25) is 0 Å². The predicted molar refractivity (Wildman–Crippen MR) is 157 cm³/mol. The van der Waals surface area contributed by atoms with E-state index >= 15 is 0 Å². The van der Waals surface area contributed by atoms with Gasteiger partial charge in [-0.3, -0.25) is 14.9 Å². The Morgan fingerprint density at radius 3 is 2.24 bits per heavy atom. The van der Waals surface area contributed by atoms with Crippen molar-refractivity contribution in [3.63, 3.8) is 0 Å². The number of hydrogen-bond donors (Lipinski definition) is 1. The molecular weight excluding hydrogens is 592 g/mol. The first-order valence-corrected chi connectivity index (χ1v) is 13.8. The SMILES string of the molecule is CCOC(=O)c1ccc(N2C(=O)NC(=O)/C(=C\c3cc(Br)c(OCc4cc(C)cc(C)c4)c(OCC)c3)C2=O)cc1. The quantitative estimate of drug-likeness (QED) is 0.180. The fourth-order valence-corrected chi connectivity index (χ4v) is 4.98. The zero-order valence-corrected chi connectivity index (χ0v) is 24.7. The third-order valence-corrected chi connectivity index (χ3v) is 6.63. The highest BCUT2D eigenvalue weighted by atomic mass is 79.9. The number of urea groups is 1. The predicted octanol–water partition coefficient (Wildman–Crippen LogP) is 5.89. The van der Waals surface area contributed by atoms with Gasteiger partial charge in [0.05, 0.1) is 28.9 Å². The number of halogens is 1. The first-order valence-electron chi connectivity index (χ1n) is 13.0. The number of rotatable bonds is 9. The highest BCUT2D eigenvalue weighted by molar-refractivity contribution is 9.10. The summed E-state index contributed by atoms with van der Waals surface area (Å²) in [5.74, 6) is -1.27. The molecule has 1 aliphatic rings. The van der Waals surface area contributed by atoms with Gasteiger partial charge in [-0.15, -0.1) is 0 Å². The van der Waals surface area contributed by atoms with E-state index in [4.69, 9.17) is 14.2 Å². The van der Waals surface area contributed by atoms with Crippen LogP contribution in [0.15, 0.2) is 64.6 Å². The number of amides is 4. The van der Waals surface area contributed by atoms with Crippen LogP contribution in [0.1, 0.15) is 46.5 Å². The van der Waals surface area contributed by atoms with E-state index in [1.807, 2.05) is 32.9 Å². The van der Waals surface area contributed by atoms with Crippen LogP contribution in [0.3, 0.4) is 0 Å². The lowest BCUT2D eigenvalue weighted by Crippen LogP contribution is -2.54. The Kier molecular flexibility index (Phi) is 9.24. The lowest BCUT2D eigenvalue weighted by Gasteiger charge is -2.26. The summed E-state index contributed by atoms with van der Waals surface area (Å²) in [6.45, 7) is 8.46. The maximum Gasteiger partial charge on any atom is 0.338 e. The normalized spacial score (nSPS) is 14.2. The number of aryl methyl sites for hydroxylation is 2. The molecule has 1 saturated heterocycles. The van der Waals surface area contributed by atoms with Gasteiger partial charge in [-0.25, -0.2) is 14.5 Å². The zero-order chi connectivity index (χ0) is 29.7. The van der Waals surface area contributed by atoms with Crippen molar-refractivity contribution in [2.75, 3.05) is 18.1 Å². The van der Waals surface area contributed by atoms with Gasteiger partial charge in [-0.1, -0.05) is 29.3 Å². The van der Waals surface area contributed by atoms with Crippen LogP contribution < -0.4 is 19.7 Å². The smallest absolute Gasteiger partial charge is 0.338 e. The van der Waals surface area contributed by atoms with E-state index in [0.717, 1.165) is 21.6 Å². The molecule has 1 aliphatic heterocycles. The Hall–Kier alpha value is -4.44. The van der Waals surface area contributed by atoms with Crippen LogP contribution in [-0.2, 0) is 20.9 Å². The van der Waals surface area contributed by atoms with Crippen molar-refractivity contribution in [3.05, 3.63) is 92.5 Å². The summed E-state index contributed by atoms with van der Waals surface area (Å²) in [4.78, 5) is 51.5. The number of hydrogen-bond acceptors (Lipinski definition) is 7. The third kappa shape index (κ3) is 6.83. The molecule has 9 nitrogen and oxygen atoms in total. The maximum absolute atomic E-state index is 13.4. The van der Waals surface area contributed by atoms with E-state index in [-0.39, 0.29) is 23.4 Å². The number of barbiturate groups is 1. The average Bonchev–Trinajstić information content (AvgIpc) is 2.90. The molecule has 0 atom stereocenters. The van der Waals surface area contributed by atoms with Crippen LogP contribution in [0.5, 0.6) is 11.5 Å². The van der Waals surface area contributed by atoms with Crippen molar-refractivity contribution in [1.82, 2.24) is 5.32 Å². The molecule has 4 rings (SSSR count). The van der Waals surface area contributed by atoms with Gasteiger partial charge in [0.25, 0.3) is 11.8 Å². The fraction of sp³-hybridized carbons (Fsp3) is 0.226. The molecule has 0 aliphatic carbocycles. The van der Waals surface area contributed by atoms with E-state index in [2.05, 4.69) is 27.3 Å². The van der Waals surface area contributed by atoms with E-state index in [1.165, 1.54) is 30.3 Å². The summed E-state index contributed by atoms with van der Waals surface area (Å²) in [6.07, 6.45) is 1.38. The second-order valence-electron chi connectivity index (χ2n) is 9.27. The third-order valence-electron chi connectivity index (χ3n) is 6.05. The number of nitrogens with one attached hydrogen (secondary N) is 1. The van der Waals surface area contributed by atoms with Crippen molar-refractivity contribution in [3.8, 4) is 11.5 Å². The Balaban J connectivity index is 1.63. The van der Waals surface area contributed by atoms with Crippen LogP contribution in [-0.4, -0.2) is 37.0 Å². The number of carbonyl (C=O) groups is 4. The Morgan fingerprint density at radius 2 is 1.61 bits per heavy atom. The second kappa shape index (κ2) is 12.8. The molecule has 4 amide bonds. The van der Waals surface area contributed by atoms with Crippen LogP contribution in [0, 0.1) is 13.8 Å². The van der Waals surface area contributed by atoms with Crippen molar-refractivity contribution in [1.29, 1.82) is 0 Å². The molecule has 10 heteroatoms. The Bertz CT molecular complexity index is 1530. The molecule has 3 aromatic carbocycles. The van der Waals surface area contributed by atoms with E-state index < -0.39 is 23.8 Å². The van der Waals surface area contributed by atoms with E-state index in [1.54, 1.807) is 19.1 Å². The lowest BCUT2D eigenvalue weighted by atomic mass is 10.1. The van der Waals surface area contributed by atoms with Gasteiger partial charge in [-0.2, -0.15) is 0 Å². The summed E-state index contributed by atoms with van der Waals surface area (Å²) in [7, 11) is 0. The fourth-order valence-electron chi connectivity index (χ4n) is 4.40. The summed E-state index contributed by atoms with van der Waals surface area (Å²) in [5, 5.41) is 2.20. The van der Waals surface area contributed by atoms with Gasteiger partial charge < -0.3 is 14.2 Å². The van der Waals surface area contributed by atoms with E-state index in [9.17, 15) is 19.2 Å². The first kappa shape index (κ1) is 29.5. The number of nitrogens with zero attached hydrogens (tertiary/aromatic N) is 1. The highest BCUT2D eigenvalue weighted by Gasteiger charge is 2.37. The lowest BCUT2D eigenvalue weighted by molar-refractivity contribution is -0.122. The molecular formula is C31H29BrN2O7. The maximum atomic E-state index is 13.4. The summed E-state index contributed by atoms with van der Waals surface area (Å²) >= 11 is 3.53. The minimum absolute atomic E-state index is 0.185. The largest absolute Gasteiger partial charge is 0.490 e. The highest BCUT2D eigenvalue weighted by Crippen LogP contribution is 2.38. The molecule has 0 radical (unpaired) electrons. The summed E-state index contributed by atoms with van der Waals surface area (Å²) in [5.41, 5.74) is 3.94. The summed E-state index contributed by atoms with van der Waals surface area (Å²) < 4.78 is 17.5. The molecule has 3 aromatic rings. The molecule has 0 unspecified atom stereocenters. The standard InChI is InChI=1S/C31H29BrN2O7/c1-5-39-26-16-20(15-25(32)27(26)41-17-21-12-18(3)11-19(4)13-21)14-24-28(35)33-31(38)34(29(24)36)23-9-7-22(8-10-23)30(37)40-6-2/h7-16H,5-6,17H2,1-4H3,(H,33,35,38)/b24-14+. The number of benzene rings is 3. The molecule has 0 spiro atoms. The zero-order valence-electron chi connectivity index (χ0n) is 23.1. The van der Waals surface area contributed by atoms with Crippen molar-refractivity contribution >= 4 is 51.5 Å². The molecule has 0 aromatic heterocycles. The first-order chi connectivity index (χ1) is 19.6. The van der Waals surface area contributed by atoms with Gasteiger partial charge in [0.1, 0.15) is 12.2 Å². The van der Waals surface area contributed by atoms with Crippen LogP contribution >= 0.6 is 15.9 Å².